The molecule has 2 atom stereocenters. The summed E-state index contributed by atoms with van der Waals surface area (Å²) in [5, 5.41) is 7.18. The quantitative estimate of drug-likeness (QED) is 0.317. The molecule has 188 valence electrons. The van der Waals surface area contributed by atoms with E-state index < -0.39 is 0 Å². The number of rotatable bonds is 8. The molecule has 0 spiro atoms. The minimum Gasteiger partial charge on any atom is -0.375 e. The van der Waals surface area contributed by atoms with Crippen molar-refractivity contribution in [3.05, 3.63) is 107 Å². The SMILES string of the molecule is COCC(=O)Nc1ccc(N2C(=S)N[C@H](c3ccccn3)[C@@H]2c2cccn2Cc2ccccn2)cc1Cl. The third-order valence-electron chi connectivity index (χ3n) is 6.10. The Morgan fingerprint density at radius 1 is 1.11 bits per heavy atom. The van der Waals surface area contributed by atoms with Crippen LogP contribution in [0.15, 0.2) is 85.3 Å². The average molecular weight is 533 g/mol. The lowest BCUT2D eigenvalue weighted by Crippen LogP contribution is -2.30. The number of pyridine rings is 2. The van der Waals surface area contributed by atoms with E-state index in [4.69, 9.17) is 28.6 Å². The number of carbonyl (C=O) groups is 1. The maximum Gasteiger partial charge on any atom is 0.250 e. The van der Waals surface area contributed by atoms with Gasteiger partial charge in [0.1, 0.15) is 12.6 Å². The molecule has 1 fully saturated rings. The summed E-state index contributed by atoms with van der Waals surface area (Å²) in [4.78, 5) is 23.2. The summed E-state index contributed by atoms with van der Waals surface area (Å²) < 4.78 is 7.07. The highest BCUT2D eigenvalue weighted by Gasteiger charge is 2.42. The van der Waals surface area contributed by atoms with Crippen LogP contribution in [0.2, 0.25) is 5.02 Å². The lowest BCUT2D eigenvalue weighted by Gasteiger charge is -2.29. The van der Waals surface area contributed by atoms with Crippen LogP contribution in [0.4, 0.5) is 11.4 Å². The van der Waals surface area contributed by atoms with Gasteiger partial charge >= 0.3 is 0 Å². The molecule has 10 heteroatoms. The Morgan fingerprint density at radius 2 is 1.92 bits per heavy atom. The number of ether oxygens (including phenoxy) is 1. The summed E-state index contributed by atoms with van der Waals surface area (Å²) >= 11 is 12.4. The van der Waals surface area contributed by atoms with Crippen molar-refractivity contribution in [1.82, 2.24) is 19.9 Å². The van der Waals surface area contributed by atoms with Gasteiger partial charge in [0.15, 0.2) is 5.11 Å². The van der Waals surface area contributed by atoms with E-state index in [0.29, 0.717) is 22.4 Å². The van der Waals surface area contributed by atoms with Gasteiger partial charge in [0.05, 0.1) is 34.7 Å². The van der Waals surface area contributed by atoms with E-state index in [1.807, 2.05) is 59.6 Å². The van der Waals surface area contributed by atoms with Crippen molar-refractivity contribution in [3.63, 3.8) is 0 Å². The molecule has 0 unspecified atom stereocenters. The van der Waals surface area contributed by atoms with Crippen LogP contribution in [0.5, 0.6) is 0 Å². The van der Waals surface area contributed by atoms with Crippen LogP contribution in [0, 0.1) is 0 Å². The molecule has 0 bridgehead atoms. The fourth-order valence-corrected chi connectivity index (χ4v) is 5.08. The predicted octanol–water partition coefficient (Wildman–Crippen LogP) is 4.74. The molecule has 1 aliphatic heterocycles. The highest BCUT2D eigenvalue weighted by Crippen LogP contribution is 2.43. The smallest absolute Gasteiger partial charge is 0.250 e. The molecule has 1 saturated heterocycles. The van der Waals surface area contributed by atoms with Crippen LogP contribution >= 0.6 is 23.8 Å². The van der Waals surface area contributed by atoms with Gasteiger partial charge in [0.2, 0.25) is 5.91 Å². The van der Waals surface area contributed by atoms with Gasteiger partial charge in [-0.3, -0.25) is 14.8 Å². The molecule has 0 saturated carbocycles. The minimum absolute atomic E-state index is 0.0562. The van der Waals surface area contributed by atoms with E-state index in [0.717, 1.165) is 22.8 Å². The van der Waals surface area contributed by atoms with E-state index in [1.54, 1.807) is 24.5 Å². The molecule has 2 N–H and O–H groups in total. The fraction of sp³-hybridized carbons (Fsp3) is 0.185. The van der Waals surface area contributed by atoms with Crippen LogP contribution in [0.25, 0.3) is 0 Å². The third kappa shape index (κ3) is 5.34. The summed E-state index contributed by atoms with van der Waals surface area (Å²) in [6, 6.07) is 20.9. The summed E-state index contributed by atoms with van der Waals surface area (Å²) in [6.07, 6.45) is 5.62. The molecular formula is C27H25ClN6O2S. The Hall–Kier alpha value is -3.79. The first-order valence-corrected chi connectivity index (χ1v) is 12.5. The number of thiocarbonyl (C=S) groups is 1. The van der Waals surface area contributed by atoms with E-state index in [2.05, 4.69) is 31.2 Å². The first-order chi connectivity index (χ1) is 18.0. The lowest BCUT2D eigenvalue weighted by molar-refractivity contribution is -0.119. The van der Waals surface area contributed by atoms with E-state index in [-0.39, 0.29) is 24.6 Å². The zero-order valence-electron chi connectivity index (χ0n) is 20.0. The maximum atomic E-state index is 12.0. The Balaban J connectivity index is 1.54. The normalized spacial score (nSPS) is 17.0. The Kier molecular flexibility index (Phi) is 7.45. The van der Waals surface area contributed by atoms with E-state index in [9.17, 15) is 4.79 Å². The van der Waals surface area contributed by atoms with E-state index in [1.165, 1.54) is 7.11 Å². The van der Waals surface area contributed by atoms with Gasteiger partial charge in [-0.15, -0.1) is 0 Å². The van der Waals surface area contributed by atoms with Gasteiger partial charge in [0, 0.05) is 37.1 Å². The second-order valence-corrected chi connectivity index (χ2v) is 9.32. The first-order valence-electron chi connectivity index (χ1n) is 11.7. The van der Waals surface area contributed by atoms with Crippen LogP contribution < -0.4 is 15.5 Å². The molecule has 3 aromatic heterocycles. The monoisotopic (exact) mass is 532 g/mol. The summed E-state index contributed by atoms with van der Waals surface area (Å²) in [7, 11) is 1.47. The molecule has 4 heterocycles. The van der Waals surface area contributed by atoms with Crippen LogP contribution in [0.1, 0.15) is 29.2 Å². The van der Waals surface area contributed by atoms with Crippen LogP contribution in [-0.4, -0.2) is 39.3 Å². The van der Waals surface area contributed by atoms with Gasteiger partial charge in [-0.05, 0) is 66.8 Å². The number of methoxy groups -OCH3 is 1. The van der Waals surface area contributed by atoms with Crippen molar-refractivity contribution >= 4 is 46.2 Å². The van der Waals surface area contributed by atoms with Gasteiger partial charge in [-0.1, -0.05) is 23.7 Å². The number of carbonyl (C=O) groups excluding carboxylic acids is 1. The molecule has 0 radical (unpaired) electrons. The largest absolute Gasteiger partial charge is 0.375 e. The van der Waals surface area contributed by atoms with Gasteiger partial charge in [0.25, 0.3) is 0 Å². The summed E-state index contributed by atoms with van der Waals surface area (Å²) in [6.45, 7) is 0.555. The van der Waals surface area contributed by atoms with Crippen LogP contribution in [-0.2, 0) is 16.1 Å². The number of nitrogens with one attached hydrogen (secondary N) is 2. The Morgan fingerprint density at radius 3 is 2.62 bits per heavy atom. The van der Waals surface area contributed by atoms with Crippen molar-refractivity contribution in [2.45, 2.75) is 18.6 Å². The number of benzene rings is 1. The fourth-order valence-electron chi connectivity index (χ4n) is 4.51. The maximum absolute atomic E-state index is 12.0. The number of nitrogens with zero attached hydrogens (tertiary/aromatic N) is 4. The number of halogens is 1. The second-order valence-electron chi connectivity index (χ2n) is 8.52. The minimum atomic E-state index is -0.282. The van der Waals surface area contributed by atoms with Crippen molar-refractivity contribution < 1.29 is 9.53 Å². The Bertz CT molecular complexity index is 1400. The molecule has 0 aliphatic carbocycles. The highest BCUT2D eigenvalue weighted by molar-refractivity contribution is 7.80. The van der Waals surface area contributed by atoms with Crippen molar-refractivity contribution in [2.24, 2.45) is 0 Å². The number of hydrogen-bond donors (Lipinski definition) is 2. The van der Waals surface area contributed by atoms with Gasteiger partial charge < -0.3 is 24.8 Å². The Labute approximate surface area is 225 Å². The van der Waals surface area contributed by atoms with E-state index >= 15 is 0 Å². The van der Waals surface area contributed by atoms with Crippen LogP contribution in [0.3, 0.4) is 0 Å². The molecule has 5 rings (SSSR count). The molecule has 1 amide bonds. The molecule has 37 heavy (non-hydrogen) atoms. The summed E-state index contributed by atoms with van der Waals surface area (Å²) in [5.74, 6) is -0.282. The highest BCUT2D eigenvalue weighted by atomic mass is 35.5. The van der Waals surface area contributed by atoms with Crippen molar-refractivity contribution in [1.29, 1.82) is 0 Å². The summed E-state index contributed by atoms with van der Waals surface area (Å²) in [5.41, 5.74) is 4.16. The standard InChI is InChI=1S/C27H25ClN6O2S/c1-36-17-24(35)31-21-11-10-19(15-20(21)28)34-26(25(32-27(34)37)22-8-3-5-13-30-22)23-9-6-14-33(23)16-18-7-2-4-12-29-18/h2-15,25-26H,16-17H2,1H3,(H,31,35)(H,32,37)/t25-,26+/m1/s1. The first kappa shape index (κ1) is 24.9. The zero-order valence-corrected chi connectivity index (χ0v) is 21.6. The second kappa shape index (κ2) is 11.1. The molecule has 1 aliphatic rings. The number of anilines is 2. The number of aromatic nitrogens is 3. The molecule has 4 aromatic rings. The molecular weight excluding hydrogens is 508 g/mol. The van der Waals surface area contributed by atoms with Gasteiger partial charge in [-0.2, -0.15) is 0 Å². The average Bonchev–Trinajstić information content (AvgIpc) is 3.50. The lowest BCUT2D eigenvalue weighted by atomic mass is 10.0. The topological polar surface area (TPSA) is 84.3 Å². The molecule has 8 nitrogen and oxygen atoms in total. The number of hydrogen-bond acceptors (Lipinski definition) is 5. The zero-order chi connectivity index (χ0) is 25.8. The molecule has 1 aromatic carbocycles. The van der Waals surface area contributed by atoms with Crippen molar-refractivity contribution in [2.75, 3.05) is 23.9 Å². The van der Waals surface area contributed by atoms with Gasteiger partial charge in [-0.25, -0.2) is 0 Å². The third-order valence-corrected chi connectivity index (χ3v) is 6.73. The van der Waals surface area contributed by atoms with Crippen molar-refractivity contribution in [3.8, 4) is 0 Å². The predicted molar refractivity (Wildman–Crippen MR) is 148 cm³/mol. The number of amides is 1.